The van der Waals surface area contributed by atoms with Gasteiger partial charge in [-0.05, 0) is 37.3 Å². The Balaban J connectivity index is 1.80. The standard InChI is InChI=1S/C18H28N2O3S/c1-13-7-9-16(10-8-13)24(22,23)19-12-11-18(21)20-17-6-4-5-14(2)15(17)3/h7-10,14-15,17,19H,4-6,11-12H2,1-3H3,(H,20,21). The second-order valence-corrected chi connectivity index (χ2v) is 8.67. The fraction of sp³-hybridized carbons (Fsp3) is 0.611. The van der Waals surface area contributed by atoms with E-state index in [0.29, 0.717) is 11.8 Å². The highest BCUT2D eigenvalue weighted by Crippen LogP contribution is 2.29. The second kappa shape index (κ2) is 8.12. The van der Waals surface area contributed by atoms with Crippen LogP contribution >= 0.6 is 0 Å². The van der Waals surface area contributed by atoms with Crippen LogP contribution in [-0.2, 0) is 14.8 Å². The van der Waals surface area contributed by atoms with Crippen LogP contribution < -0.4 is 10.0 Å². The average molecular weight is 353 g/mol. The van der Waals surface area contributed by atoms with Gasteiger partial charge in [-0.2, -0.15) is 0 Å². The van der Waals surface area contributed by atoms with E-state index in [-0.39, 0.29) is 29.8 Å². The van der Waals surface area contributed by atoms with Crippen LogP contribution in [0.3, 0.4) is 0 Å². The lowest BCUT2D eigenvalue weighted by atomic mass is 9.78. The fourth-order valence-corrected chi connectivity index (χ4v) is 4.20. The molecule has 1 aromatic carbocycles. The van der Waals surface area contributed by atoms with E-state index in [9.17, 15) is 13.2 Å². The van der Waals surface area contributed by atoms with Gasteiger partial charge in [-0.15, -0.1) is 0 Å². The van der Waals surface area contributed by atoms with Gasteiger partial charge < -0.3 is 5.32 Å². The van der Waals surface area contributed by atoms with E-state index in [1.807, 2.05) is 6.92 Å². The zero-order valence-electron chi connectivity index (χ0n) is 14.7. The van der Waals surface area contributed by atoms with Crippen LogP contribution in [0.4, 0.5) is 0 Å². The largest absolute Gasteiger partial charge is 0.353 e. The molecule has 24 heavy (non-hydrogen) atoms. The fourth-order valence-electron chi connectivity index (χ4n) is 3.16. The van der Waals surface area contributed by atoms with Crippen molar-refractivity contribution in [1.29, 1.82) is 0 Å². The summed E-state index contributed by atoms with van der Waals surface area (Å²) in [7, 11) is -3.56. The molecule has 0 saturated heterocycles. The predicted octanol–water partition coefficient (Wildman–Crippen LogP) is 2.60. The zero-order chi connectivity index (χ0) is 17.7. The molecule has 5 nitrogen and oxygen atoms in total. The van der Waals surface area contributed by atoms with Gasteiger partial charge in [0.1, 0.15) is 0 Å². The molecule has 3 unspecified atom stereocenters. The Bertz CT molecular complexity index is 655. The van der Waals surface area contributed by atoms with E-state index in [0.717, 1.165) is 18.4 Å². The van der Waals surface area contributed by atoms with Crippen molar-refractivity contribution in [3.8, 4) is 0 Å². The van der Waals surface area contributed by atoms with Crippen LogP contribution in [-0.4, -0.2) is 26.9 Å². The number of carbonyl (C=O) groups excluding carboxylic acids is 1. The minimum Gasteiger partial charge on any atom is -0.353 e. The summed E-state index contributed by atoms with van der Waals surface area (Å²) in [6.07, 6.45) is 3.51. The van der Waals surface area contributed by atoms with Gasteiger partial charge >= 0.3 is 0 Å². The molecule has 1 saturated carbocycles. The molecule has 0 spiro atoms. The van der Waals surface area contributed by atoms with Crippen LogP contribution in [0.15, 0.2) is 29.2 Å². The molecule has 3 atom stereocenters. The van der Waals surface area contributed by atoms with E-state index in [2.05, 4.69) is 23.9 Å². The summed E-state index contributed by atoms with van der Waals surface area (Å²) in [4.78, 5) is 12.3. The molecule has 6 heteroatoms. The Labute approximate surface area is 145 Å². The molecule has 1 aliphatic rings. The predicted molar refractivity (Wildman–Crippen MR) is 95.1 cm³/mol. The summed E-state index contributed by atoms with van der Waals surface area (Å²) >= 11 is 0. The van der Waals surface area contributed by atoms with Gasteiger partial charge in [-0.1, -0.05) is 44.4 Å². The van der Waals surface area contributed by atoms with E-state index in [1.165, 1.54) is 6.42 Å². The van der Waals surface area contributed by atoms with E-state index < -0.39 is 10.0 Å². The molecule has 2 rings (SSSR count). The number of rotatable bonds is 6. The van der Waals surface area contributed by atoms with Gasteiger partial charge in [0.25, 0.3) is 0 Å². The minimum atomic E-state index is -3.56. The molecule has 0 radical (unpaired) electrons. The number of benzene rings is 1. The first kappa shape index (κ1) is 18.9. The number of amides is 1. The first-order valence-electron chi connectivity index (χ1n) is 8.65. The first-order chi connectivity index (χ1) is 11.3. The highest BCUT2D eigenvalue weighted by Gasteiger charge is 2.28. The SMILES string of the molecule is Cc1ccc(S(=O)(=O)NCCC(=O)NC2CCCC(C)C2C)cc1. The second-order valence-electron chi connectivity index (χ2n) is 6.90. The topological polar surface area (TPSA) is 75.3 Å². The quantitative estimate of drug-likeness (QED) is 0.826. The Morgan fingerprint density at radius 3 is 2.50 bits per heavy atom. The van der Waals surface area contributed by atoms with Crippen molar-refractivity contribution in [1.82, 2.24) is 10.0 Å². The number of sulfonamides is 1. The highest BCUT2D eigenvalue weighted by molar-refractivity contribution is 7.89. The number of carbonyl (C=O) groups is 1. The third kappa shape index (κ3) is 5.05. The van der Waals surface area contributed by atoms with Crippen molar-refractivity contribution in [2.45, 2.75) is 57.4 Å². The maximum Gasteiger partial charge on any atom is 0.240 e. The molecule has 0 aromatic heterocycles. The lowest BCUT2D eigenvalue weighted by Gasteiger charge is -2.34. The van der Waals surface area contributed by atoms with Gasteiger partial charge in [0.05, 0.1) is 4.90 Å². The van der Waals surface area contributed by atoms with Crippen LogP contribution in [0.2, 0.25) is 0 Å². The highest BCUT2D eigenvalue weighted by atomic mass is 32.2. The van der Waals surface area contributed by atoms with Gasteiger partial charge in [0.15, 0.2) is 0 Å². The number of hydrogen-bond acceptors (Lipinski definition) is 3. The van der Waals surface area contributed by atoms with Crippen LogP contribution in [0, 0.1) is 18.8 Å². The lowest BCUT2D eigenvalue weighted by Crippen LogP contribution is -2.44. The van der Waals surface area contributed by atoms with Crippen LogP contribution in [0.5, 0.6) is 0 Å². The number of aryl methyl sites for hydroxylation is 1. The Morgan fingerprint density at radius 1 is 1.17 bits per heavy atom. The van der Waals surface area contributed by atoms with Crippen molar-refractivity contribution in [3.05, 3.63) is 29.8 Å². The molecule has 0 heterocycles. The van der Waals surface area contributed by atoms with Crippen molar-refractivity contribution < 1.29 is 13.2 Å². The third-order valence-electron chi connectivity index (χ3n) is 5.03. The Kier molecular flexibility index (Phi) is 6.40. The van der Waals surface area contributed by atoms with E-state index in [4.69, 9.17) is 0 Å². The summed E-state index contributed by atoms with van der Waals surface area (Å²) in [5, 5.41) is 3.06. The molecule has 0 aliphatic heterocycles. The van der Waals surface area contributed by atoms with Gasteiger partial charge in [-0.25, -0.2) is 13.1 Å². The molecule has 1 aromatic rings. The number of nitrogens with one attached hydrogen (secondary N) is 2. The van der Waals surface area contributed by atoms with Crippen molar-refractivity contribution in [2.24, 2.45) is 11.8 Å². The van der Waals surface area contributed by atoms with E-state index >= 15 is 0 Å². The number of hydrogen-bond donors (Lipinski definition) is 2. The summed E-state index contributed by atoms with van der Waals surface area (Å²) in [5.41, 5.74) is 1.00. The lowest BCUT2D eigenvalue weighted by molar-refractivity contribution is -0.122. The normalized spacial score (nSPS) is 24.5. The van der Waals surface area contributed by atoms with Crippen molar-refractivity contribution in [3.63, 3.8) is 0 Å². The molecule has 0 bridgehead atoms. The van der Waals surface area contributed by atoms with Gasteiger partial charge in [0.2, 0.25) is 15.9 Å². The smallest absolute Gasteiger partial charge is 0.240 e. The maximum absolute atomic E-state index is 12.2. The summed E-state index contributed by atoms with van der Waals surface area (Å²) in [6.45, 7) is 6.41. The Hall–Kier alpha value is -1.40. The monoisotopic (exact) mass is 352 g/mol. The third-order valence-corrected chi connectivity index (χ3v) is 6.51. The molecule has 1 aliphatic carbocycles. The molecule has 1 fully saturated rings. The summed E-state index contributed by atoms with van der Waals surface area (Å²) in [5.74, 6) is 0.989. The van der Waals surface area contributed by atoms with Gasteiger partial charge in [0, 0.05) is 19.0 Å². The Morgan fingerprint density at radius 2 is 1.83 bits per heavy atom. The van der Waals surface area contributed by atoms with Crippen LogP contribution in [0.1, 0.15) is 45.1 Å². The molecular formula is C18H28N2O3S. The molecule has 2 N–H and O–H groups in total. The average Bonchev–Trinajstić information content (AvgIpc) is 2.52. The molecule has 1 amide bonds. The van der Waals surface area contributed by atoms with Crippen LogP contribution in [0.25, 0.3) is 0 Å². The maximum atomic E-state index is 12.2. The van der Waals surface area contributed by atoms with Gasteiger partial charge in [-0.3, -0.25) is 4.79 Å². The summed E-state index contributed by atoms with van der Waals surface area (Å²) in [6, 6.07) is 6.86. The molecular weight excluding hydrogens is 324 g/mol. The molecule has 134 valence electrons. The summed E-state index contributed by atoms with van der Waals surface area (Å²) < 4.78 is 26.8. The van der Waals surface area contributed by atoms with Crippen molar-refractivity contribution in [2.75, 3.05) is 6.54 Å². The van der Waals surface area contributed by atoms with Crippen molar-refractivity contribution >= 4 is 15.9 Å². The van der Waals surface area contributed by atoms with E-state index in [1.54, 1.807) is 24.3 Å². The minimum absolute atomic E-state index is 0.0902. The first-order valence-corrected chi connectivity index (χ1v) is 10.1. The zero-order valence-corrected chi connectivity index (χ0v) is 15.5.